The number of hydrogen-bond acceptors (Lipinski definition) is 9. The number of carbonyl (C=O) groups is 2. The van der Waals surface area contributed by atoms with Crippen molar-refractivity contribution in [3.05, 3.63) is 28.4 Å². The Balaban J connectivity index is 0.000000426. The van der Waals surface area contributed by atoms with E-state index in [-0.39, 0.29) is 41.0 Å². The number of carboxylic acid groups (broad SMARTS) is 1. The maximum atomic E-state index is 15.8. The molecular formula is C23H26F4N4O7. The van der Waals surface area contributed by atoms with Crippen molar-refractivity contribution in [1.82, 2.24) is 9.55 Å². The van der Waals surface area contributed by atoms with Gasteiger partial charge in [-0.15, -0.1) is 0 Å². The van der Waals surface area contributed by atoms with Gasteiger partial charge in [-0.3, -0.25) is 4.79 Å². The highest BCUT2D eigenvalue weighted by atomic mass is 19.4. The highest BCUT2D eigenvalue weighted by Gasteiger charge is 2.51. The fourth-order valence-electron chi connectivity index (χ4n) is 4.76. The number of alkyl halides is 3. The number of halogens is 4. The van der Waals surface area contributed by atoms with Gasteiger partial charge in [-0.25, -0.2) is 19.0 Å². The number of nitrogens with two attached hydrogens (primary N) is 1. The van der Waals surface area contributed by atoms with E-state index in [1.54, 1.807) is 11.5 Å². The number of anilines is 1. The molecule has 2 unspecified atom stereocenters. The van der Waals surface area contributed by atoms with Crippen LogP contribution in [0, 0.1) is 11.7 Å². The summed E-state index contributed by atoms with van der Waals surface area (Å²) >= 11 is 0. The van der Waals surface area contributed by atoms with Crippen molar-refractivity contribution in [1.29, 1.82) is 0 Å². The monoisotopic (exact) mass is 546 g/mol. The molecule has 0 radical (unpaired) electrons. The van der Waals surface area contributed by atoms with Crippen molar-refractivity contribution < 1.29 is 46.5 Å². The molecule has 2 aromatic rings. The zero-order chi connectivity index (χ0) is 27.8. The molecule has 2 aromatic heterocycles. The van der Waals surface area contributed by atoms with Crippen LogP contribution in [0.25, 0.3) is 10.9 Å². The third-order valence-corrected chi connectivity index (χ3v) is 6.74. The van der Waals surface area contributed by atoms with Gasteiger partial charge in [0.2, 0.25) is 5.43 Å². The topological polar surface area (TPSA) is 146 Å². The second-order valence-electron chi connectivity index (χ2n) is 9.19. The summed E-state index contributed by atoms with van der Waals surface area (Å²) < 4.78 is 65.0. The van der Waals surface area contributed by atoms with Crippen LogP contribution < -0.4 is 20.8 Å². The normalized spacial score (nSPS) is 22.6. The van der Waals surface area contributed by atoms with Gasteiger partial charge in [-0.2, -0.15) is 13.2 Å². The van der Waals surface area contributed by atoms with E-state index in [0.29, 0.717) is 26.2 Å². The number of aliphatic carboxylic acids is 1. The number of ether oxygens (including phenoxy) is 3. The molecule has 2 aliphatic heterocycles. The van der Waals surface area contributed by atoms with Crippen molar-refractivity contribution in [2.75, 3.05) is 37.7 Å². The second-order valence-corrected chi connectivity index (χ2v) is 9.19. The standard InChI is InChI=1S/C21H25FN4O5.C2HF3O2/c1-2-29-20(28)31-15-9-26(13-3-4-13)17-14(18(15)27)7-24-19(16(17)22)25-8-12-5-6-30-21(12,10-23)11-25;3-2(4,5)1(6)7/h7,9,12-13H,2-6,8,10-11,23H2,1H3;(H,6,7). The second kappa shape index (κ2) is 10.4. The minimum absolute atomic E-state index is 0.0362. The molecule has 3 N–H and O–H groups in total. The molecule has 5 rings (SSSR count). The summed E-state index contributed by atoms with van der Waals surface area (Å²) in [5.74, 6) is -3.10. The quantitative estimate of drug-likeness (QED) is 0.424. The summed E-state index contributed by atoms with van der Waals surface area (Å²) in [6.07, 6.45) is -0.716. The molecule has 208 valence electrons. The lowest BCUT2D eigenvalue weighted by Gasteiger charge is -2.26. The third-order valence-electron chi connectivity index (χ3n) is 6.74. The lowest BCUT2D eigenvalue weighted by atomic mass is 9.91. The summed E-state index contributed by atoms with van der Waals surface area (Å²) in [6.45, 7) is 3.84. The number of rotatable bonds is 5. The van der Waals surface area contributed by atoms with E-state index in [9.17, 15) is 22.8 Å². The molecule has 3 fully saturated rings. The zero-order valence-corrected chi connectivity index (χ0v) is 20.3. The lowest BCUT2D eigenvalue weighted by Crippen LogP contribution is -2.44. The molecule has 2 atom stereocenters. The van der Waals surface area contributed by atoms with Crippen LogP contribution >= 0.6 is 0 Å². The number of carboxylic acids is 1. The molecule has 3 aliphatic rings. The van der Waals surface area contributed by atoms with Crippen molar-refractivity contribution in [2.45, 2.75) is 44.0 Å². The van der Waals surface area contributed by atoms with Gasteiger partial charge in [0.25, 0.3) is 0 Å². The highest BCUT2D eigenvalue weighted by Crippen LogP contribution is 2.42. The van der Waals surface area contributed by atoms with Gasteiger partial charge in [-0.05, 0) is 26.2 Å². The van der Waals surface area contributed by atoms with Gasteiger partial charge in [0.15, 0.2) is 17.4 Å². The van der Waals surface area contributed by atoms with Gasteiger partial charge in [0.05, 0.1) is 30.3 Å². The Morgan fingerprint density at radius 3 is 2.55 bits per heavy atom. The number of nitrogens with zero attached hydrogens (tertiary/aromatic N) is 3. The smallest absolute Gasteiger partial charge is 0.475 e. The Kier molecular flexibility index (Phi) is 7.52. The van der Waals surface area contributed by atoms with Crippen LogP contribution in [0.5, 0.6) is 5.75 Å². The van der Waals surface area contributed by atoms with E-state index < -0.39 is 35.1 Å². The fraction of sp³-hybridized carbons (Fsp3) is 0.565. The molecule has 11 nitrogen and oxygen atoms in total. The number of hydrogen-bond donors (Lipinski definition) is 2. The molecular weight excluding hydrogens is 520 g/mol. The van der Waals surface area contributed by atoms with Gasteiger partial charge in [0.1, 0.15) is 5.60 Å². The van der Waals surface area contributed by atoms with Crippen LogP contribution in [0.2, 0.25) is 0 Å². The maximum Gasteiger partial charge on any atom is 0.514 e. The molecule has 2 saturated heterocycles. The Hall–Kier alpha value is -3.46. The molecule has 38 heavy (non-hydrogen) atoms. The van der Waals surface area contributed by atoms with Crippen LogP contribution in [0.4, 0.5) is 28.2 Å². The SMILES string of the molecule is CCOC(=O)Oc1cn(C2CC2)c2c(F)c(N3CC4CCOC4(CN)C3)ncc2c1=O.O=C(O)C(F)(F)F. The van der Waals surface area contributed by atoms with Crippen LogP contribution in [-0.4, -0.2) is 71.4 Å². The fourth-order valence-corrected chi connectivity index (χ4v) is 4.76. The molecule has 0 aromatic carbocycles. The first-order valence-corrected chi connectivity index (χ1v) is 11.9. The van der Waals surface area contributed by atoms with Gasteiger partial charge in [0, 0.05) is 37.9 Å². The Labute approximate surface area is 213 Å². The highest BCUT2D eigenvalue weighted by molar-refractivity contribution is 5.84. The molecule has 1 aliphatic carbocycles. The predicted octanol–water partition coefficient (Wildman–Crippen LogP) is 2.59. The summed E-state index contributed by atoms with van der Waals surface area (Å²) in [4.78, 5) is 39.7. The van der Waals surface area contributed by atoms with E-state index >= 15 is 4.39 Å². The van der Waals surface area contributed by atoms with E-state index in [1.807, 2.05) is 4.90 Å². The van der Waals surface area contributed by atoms with Crippen LogP contribution in [0.15, 0.2) is 17.2 Å². The van der Waals surface area contributed by atoms with Crippen LogP contribution in [0.3, 0.4) is 0 Å². The van der Waals surface area contributed by atoms with Crippen molar-refractivity contribution in [3.8, 4) is 5.75 Å². The van der Waals surface area contributed by atoms with E-state index in [0.717, 1.165) is 19.3 Å². The molecule has 1 saturated carbocycles. The van der Waals surface area contributed by atoms with Crippen molar-refractivity contribution >= 4 is 28.8 Å². The summed E-state index contributed by atoms with van der Waals surface area (Å²) in [5.41, 5.74) is 5.09. The summed E-state index contributed by atoms with van der Waals surface area (Å²) in [6, 6.07) is 0.0362. The largest absolute Gasteiger partial charge is 0.514 e. The first kappa shape index (κ1) is 27.6. The van der Waals surface area contributed by atoms with E-state index in [1.165, 1.54) is 12.4 Å². The summed E-state index contributed by atoms with van der Waals surface area (Å²) in [5, 5.41) is 7.19. The summed E-state index contributed by atoms with van der Waals surface area (Å²) in [7, 11) is 0. The lowest BCUT2D eigenvalue weighted by molar-refractivity contribution is -0.192. The number of aromatic nitrogens is 2. The number of fused-ring (bicyclic) bond motifs is 2. The van der Waals surface area contributed by atoms with Gasteiger partial charge in [-0.1, -0.05) is 0 Å². The molecule has 0 amide bonds. The van der Waals surface area contributed by atoms with Gasteiger partial charge >= 0.3 is 18.3 Å². The molecule has 0 bridgehead atoms. The minimum atomic E-state index is -5.08. The zero-order valence-electron chi connectivity index (χ0n) is 20.3. The molecule has 4 heterocycles. The molecule has 15 heteroatoms. The Morgan fingerprint density at radius 1 is 1.32 bits per heavy atom. The first-order chi connectivity index (χ1) is 17.9. The average molecular weight is 546 g/mol. The number of carbonyl (C=O) groups excluding carboxylic acids is 1. The predicted molar refractivity (Wildman–Crippen MR) is 124 cm³/mol. The minimum Gasteiger partial charge on any atom is -0.475 e. The Bertz CT molecular complexity index is 1300. The van der Waals surface area contributed by atoms with Crippen LogP contribution in [-0.2, 0) is 14.3 Å². The van der Waals surface area contributed by atoms with Crippen LogP contribution in [0.1, 0.15) is 32.2 Å². The average Bonchev–Trinajstić information content (AvgIpc) is 3.52. The number of pyridine rings is 2. The van der Waals surface area contributed by atoms with Gasteiger partial charge < -0.3 is 34.5 Å². The van der Waals surface area contributed by atoms with E-state index in [4.69, 9.17) is 29.8 Å². The maximum absolute atomic E-state index is 15.8. The third kappa shape index (κ3) is 5.25. The van der Waals surface area contributed by atoms with Crippen molar-refractivity contribution in [3.63, 3.8) is 0 Å². The van der Waals surface area contributed by atoms with E-state index in [2.05, 4.69) is 4.98 Å². The molecule has 0 spiro atoms. The Morgan fingerprint density at radius 2 is 2.00 bits per heavy atom. The first-order valence-electron chi connectivity index (χ1n) is 11.9. The van der Waals surface area contributed by atoms with Crippen molar-refractivity contribution in [2.24, 2.45) is 11.7 Å².